The predicted octanol–water partition coefficient (Wildman–Crippen LogP) is 18.6. The van der Waals surface area contributed by atoms with Gasteiger partial charge >= 0.3 is 0 Å². The summed E-state index contributed by atoms with van der Waals surface area (Å²) in [6.45, 7) is 29.1. The monoisotopic (exact) mass is 974 g/mol. The minimum absolute atomic E-state index is 0.0897. The van der Waals surface area contributed by atoms with Crippen LogP contribution >= 0.6 is 11.3 Å². The Kier molecular flexibility index (Phi) is 11.3. The highest BCUT2D eigenvalue weighted by Crippen LogP contribution is 2.47. The molecule has 0 unspecified atom stereocenters. The van der Waals surface area contributed by atoms with E-state index >= 15 is 0 Å². The van der Waals surface area contributed by atoms with Gasteiger partial charge in [0.15, 0.2) is 0 Å². The standard InChI is InChI=1S/C67H66N4OS/c1-40-48-38-50-46-27-20-21-29-54(46)70(57(50)39-58(48)73-62(40)42-25-18-15-19-26-42)59-37-45(66(8,9)10)36-53(68-59)47-28-22-30-56-60(47)69-63(51-34-44(65(5,6)7)35-52(61(51)72)67(11,12)13)71(56)55-32-31-43(64(2,3)4)33-49(55)41-23-16-14-17-24-41/h14-39,72H,1-13H3. The lowest BCUT2D eigenvalue weighted by Crippen LogP contribution is -2.17. The van der Waals surface area contributed by atoms with Gasteiger partial charge in [0.05, 0.1) is 39.0 Å². The Bertz CT molecular complexity index is 3950. The normalized spacial score (nSPS) is 12.8. The molecule has 1 N–H and O–H groups in total. The second-order valence-corrected chi connectivity index (χ2v) is 25.3. The van der Waals surface area contributed by atoms with Crippen molar-refractivity contribution in [2.24, 2.45) is 0 Å². The van der Waals surface area contributed by atoms with E-state index in [0.717, 1.165) is 67.1 Å². The molecule has 0 spiro atoms. The molecule has 0 saturated carbocycles. The van der Waals surface area contributed by atoms with E-state index in [2.05, 4.69) is 257 Å². The van der Waals surface area contributed by atoms with Gasteiger partial charge in [-0.25, -0.2) is 9.97 Å². The van der Waals surface area contributed by atoms with Crippen LogP contribution in [0.1, 0.15) is 111 Å². The quantitative estimate of drug-likeness (QED) is 0.181. The van der Waals surface area contributed by atoms with Crippen LogP contribution in [0.15, 0.2) is 158 Å². The molecule has 6 heteroatoms. The van der Waals surface area contributed by atoms with E-state index in [9.17, 15) is 5.11 Å². The van der Waals surface area contributed by atoms with Gasteiger partial charge in [-0.05, 0) is 122 Å². The number of para-hydroxylation sites is 2. The summed E-state index contributed by atoms with van der Waals surface area (Å²) in [6.07, 6.45) is 0. The number of nitrogens with zero attached hydrogens (tertiary/aromatic N) is 4. The number of thiophene rings is 1. The fraction of sp³-hybridized carbons (Fsp3) is 0.254. The highest BCUT2D eigenvalue weighted by molar-refractivity contribution is 7.22. The van der Waals surface area contributed by atoms with Crippen molar-refractivity contribution < 1.29 is 5.11 Å². The third-order valence-corrected chi connectivity index (χ3v) is 16.2. The number of rotatable bonds is 6. The molecule has 5 nitrogen and oxygen atoms in total. The molecule has 0 amide bonds. The number of aromatic nitrogens is 4. The summed E-state index contributed by atoms with van der Waals surface area (Å²) in [5.41, 5.74) is 15.8. The van der Waals surface area contributed by atoms with Gasteiger partial charge in [-0.1, -0.05) is 186 Å². The van der Waals surface area contributed by atoms with Crippen molar-refractivity contribution in [1.82, 2.24) is 19.1 Å². The fourth-order valence-electron chi connectivity index (χ4n) is 10.6. The Balaban J connectivity index is 1.22. The zero-order valence-electron chi connectivity index (χ0n) is 44.7. The molecular formula is C67H66N4OS. The van der Waals surface area contributed by atoms with Gasteiger partial charge in [0, 0.05) is 37.0 Å². The molecule has 7 aromatic carbocycles. The predicted molar refractivity (Wildman–Crippen MR) is 312 cm³/mol. The van der Waals surface area contributed by atoms with Crippen LogP contribution in [-0.2, 0) is 21.7 Å². The highest BCUT2D eigenvalue weighted by atomic mass is 32.1. The Morgan fingerprint density at radius 1 is 0.452 bits per heavy atom. The summed E-state index contributed by atoms with van der Waals surface area (Å²) >= 11 is 1.86. The number of hydrogen-bond donors (Lipinski definition) is 1. The van der Waals surface area contributed by atoms with Crippen LogP contribution in [0.3, 0.4) is 0 Å². The molecule has 4 heterocycles. The van der Waals surface area contributed by atoms with Crippen molar-refractivity contribution in [3.05, 3.63) is 186 Å². The van der Waals surface area contributed by atoms with Crippen LogP contribution in [0.4, 0.5) is 0 Å². The van der Waals surface area contributed by atoms with Crippen molar-refractivity contribution in [3.63, 3.8) is 0 Å². The zero-order chi connectivity index (χ0) is 51.5. The minimum Gasteiger partial charge on any atom is -0.507 e. The van der Waals surface area contributed by atoms with Gasteiger partial charge in [0.1, 0.15) is 17.4 Å². The number of benzene rings is 7. The third kappa shape index (κ3) is 8.34. The topological polar surface area (TPSA) is 55.9 Å². The number of phenols is 1. The average Bonchev–Trinajstić information content (AvgIpc) is 4.01. The summed E-state index contributed by atoms with van der Waals surface area (Å²) in [5, 5.41) is 16.4. The highest BCUT2D eigenvalue weighted by Gasteiger charge is 2.31. The first-order valence-corrected chi connectivity index (χ1v) is 26.5. The number of hydrogen-bond acceptors (Lipinski definition) is 4. The Morgan fingerprint density at radius 3 is 1.74 bits per heavy atom. The average molecular weight is 975 g/mol. The van der Waals surface area contributed by atoms with Crippen LogP contribution in [0.25, 0.3) is 98.6 Å². The van der Waals surface area contributed by atoms with Crippen molar-refractivity contribution in [2.75, 3.05) is 0 Å². The third-order valence-electron chi connectivity index (χ3n) is 14.8. The summed E-state index contributed by atoms with van der Waals surface area (Å²) in [7, 11) is 0. The van der Waals surface area contributed by atoms with Gasteiger partial charge in [-0.2, -0.15) is 0 Å². The molecule has 4 aromatic heterocycles. The fourth-order valence-corrected chi connectivity index (χ4v) is 11.8. The van der Waals surface area contributed by atoms with E-state index in [0.29, 0.717) is 11.4 Å². The first kappa shape index (κ1) is 48.0. The maximum Gasteiger partial charge on any atom is 0.149 e. The van der Waals surface area contributed by atoms with Crippen LogP contribution in [0.5, 0.6) is 5.75 Å². The second kappa shape index (κ2) is 17.2. The second-order valence-electron chi connectivity index (χ2n) is 24.2. The Labute approximate surface area is 434 Å². The molecule has 0 saturated heterocycles. The van der Waals surface area contributed by atoms with Crippen molar-refractivity contribution in [3.8, 4) is 61.5 Å². The molecule has 11 rings (SSSR count). The smallest absolute Gasteiger partial charge is 0.149 e. The summed E-state index contributed by atoms with van der Waals surface area (Å²) < 4.78 is 5.92. The summed E-state index contributed by atoms with van der Waals surface area (Å²) in [6, 6.07) is 57.2. The van der Waals surface area contributed by atoms with Gasteiger partial charge < -0.3 is 5.11 Å². The van der Waals surface area contributed by atoms with Gasteiger partial charge in [0.25, 0.3) is 0 Å². The largest absolute Gasteiger partial charge is 0.507 e. The van der Waals surface area contributed by atoms with E-state index in [1.54, 1.807) is 0 Å². The maximum absolute atomic E-state index is 12.7. The SMILES string of the molecule is Cc1c(-c2ccccc2)sc2cc3c(cc12)c1ccccc1n3-c1cc(C(C)(C)C)cc(-c2cccc3c2nc(-c2cc(C(C)(C)C)cc(C(C)(C)C)c2O)n3-c2ccc(C(C)(C)C)cc2-c2ccccc2)n1. The molecular weight excluding hydrogens is 909 g/mol. The van der Waals surface area contributed by atoms with Crippen molar-refractivity contribution in [1.29, 1.82) is 0 Å². The van der Waals surface area contributed by atoms with Gasteiger partial charge in [-0.15, -0.1) is 11.3 Å². The summed E-state index contributed by atoms with van der Waals surface area (Å²) in [5.74, 6) is 1.78. The number of fused-ring (bicyclic) bond motifs is 5. The van der Waals surface area contributed by atoms with Gasteiger partial charge in [-0.3, -0.25) is 9.13 Å². The zero-order valence-corrected chi connectivity index (χ0v) is 45.5. The van der Waals surface area contributed by atoms with Crippen molar-refractivity contribution >= 4 is 54.3 Å². The van der Waals surface area contributed by atoms with E-state index in [4.69, 9.17) is 9.97 Å². The molecule has 0 aliphatic heterocycles. The van der Waals surface area contributed by atoms with E-state index < -0.39 is 0 Å². The van der Waals surface area contributed by atoms with Crippen LogP contribution < -0.4 is 0 Å². The lowest BCUT2D eigenvalue weighted by atomic mass is 9.79. The molecule has 0 fully saturated rings. The number of phenolic OH excluding ortho intramolecular Hbond substituents is 1. The van der Waals surface area contributed by atoms with E-state index in [1.807, 2.05) is 11.3 Å². The van der Waals surface area contributed by atoms with E-state index in [1.165, 1.54) is 48.0 Å². The molecule has 73 heavy (non-hydrogen) atoms. The van der Waals surface area contributed by atoms with Crippen LogP contribution in [-0.4, -0.2) is 24.2 Å². The minimum atomic E-state index is -0.343. The lowest BCUT2D eigenvalue weighted by molar-refractivity contribution is 0.446. The molecule has 0 bridgehead atoms. The molecule has 0 aliphatic carbocycles. The number of aromatic hydroxyl groups is 1. The van der Waals surface area contributed by atoms with Crippen molar-refractivity contribution in [2.45, 2.75) is 112 Å². The molecule has 366 valence electrons. The molecule has 11 aromatic rings. The maximum atomic E-state index is 12.7. The number of aryl methyl sites for hydroxylation is 1. The summed E-state index contributed by atoms with van der Waals surface area (Å²) in [4.78, 5) is 12.8. The van der Waals surface area contributed by atoms with Crippen LogP contribution in [0.2, 0.25) is 0 Å². The lowest BCUT2D eigenvalue weighted by Gasteiger charge is -2.28. The molecule has 0 radical (unpaired) electrons. The Morgan fingerprint density at radius 2 is 1.07 bits per heavy atom. The molecule has 0 atom stereocenters. The molecule has 0 aliphatic rings. The Hall–Kier alpha value is -7.28. The first-order chi connectivity index (χ1) is 34.6. The van der Waals surface area contributed by atoms with Gasteiger partial charge in [0.2, 0.25) is 0 Å². The first-order valence-electron chi connectivity index (χ1n) is 25.7. The number of imidazole rings is 1. The van der Waals surface area contributed by atoms with Crippen LogP contribution in [0, 0.1) is 6.92 Å². The van der Waals surface area contributed by atoms with E-state index in [-0.39, 0.29) is 27.4 Å². The number of pyridine rings is 1.